The zero-order valence-corrected chi connectivity index (χ0v) is 19.3. The molecule has 1 aliphatic rings. The van der Waals surface area contributed by atoms with Gasteiger partial charge in [-0.3, -0.25) is 14.9 Å². The second kappa shape index (κ2) is 9.19. The van der Waals surface area contributed by atoms with Gasteiger partial charge in [0.25, 0.3) is 5.69 Å². The predicted molar refractivity (Wildman–Crippen MR) is 119 cm³/mol. The fraction of sp³-hybridized carbons (Fsp3) is 0.300. The number of nitro groups is 1. The van der Waals surface area contributed by atoms with Gasteiger partial charge in [0.2, 0.25) is 15.9 Å². The van der Waals surface area contributed by atoms with E-state index in [1.54, 1.807) is 0 Å². The van der Waals surface area contributed by atoms with Crippen LogP contribution in [0, 0.1) is 27.7 Å². The minimum absolute atomic E-state index is 0.0454. The van der Waals surface area contributed by atoms with Crippen molar-refractivity contribution in [3.8, 4) is 5.75 Å². The number of fused-ring (bicyclic) bond motifs is 1. The third-order valence-electron chi connectivity index (χ3n) is 5.44. The van der Waals surface area contributed by atoms with Gasteiger partial charge in [0, 0.05) is 25.1 Å². The third-order valence-corrected chi connectivity index (χ3v) is 8.27. The Morgan fingerprint density at radius 1 is 1.26 bits per heavy atom. The van der Waals surface area contributed by atoms with Crippen LogP contribution in [-0.4, -0.2) is 48.7 Å². The molecule has 0 atom stereocenters. The molecule has 3 aromatic rings. The van der Waals surface area contributed by atoms with Crippen LogP contribution < -0.4 is 10.1 Å². The summed E-state index contributed by atoms with van der Waals surface area (Å²) >= 11 is 1.04. The Bertz CT molecular complexity index is 1390. The van der Waals surface area contributed by atoms with Crippen LogP contribution >= 0.6 is 11.3 Å². The number of amides is 1. The fourth-order valence-electron chi connectivity index (χ4n) is 3.68. The molecule has 0 bridgehead atoms. The van der Waals surface area contributed by atoms with Crippen molar-refractivity contribution in [1.29, 1.82) is 0 Å². The molecule has 1 aliphatic heterocycles. The summed E-state index contributed by atoms with van der Waals surface area (Å²) < 4.78 is 59.5. The first-order valence-electron chi connectivity index (χ1n) is 9.99. The second-order valence-electron chi connectivity index (χ2n) is 7.51. The van der Waals surface area contributed by atoms with Crippen LogP contribution in [0.2, 0.25) is 0 Å². The molecule has 1 saturated heterocycles. The molecule has 0 spiro atoms. The summed E-state index contributed by atoms with van der Waals surface area (Å²) in [5, 5.41) is 14.0. The second-order valence-corrected chi connectivity index (χ2v) is 10.5. The van der Waals surface area contributed by atoms with E-state index in [9.17, 15) is 32.1 Å². The van der Waals surface area contributed by atoms with Crippen LogP contribution in [0.5, 0.6) is 5.75 Å². The quantitative estimate of drug-likeness (QED) is 0.395. The SMILES string of the molecule is COc1cc([N+](=O)[O-])cc2sc(NC(=O)C3CCN(S(=O)(=O)c4cc(F)ccc4F)CC3)nc12. The van der Waals surface area contributed by atoms with E-state index in [4.69, 9.17) is 4.74 Å². The number of ether oxygens (including phenoxy) is 1. The molecule has 2 aromatic carbocycles. The standard InChI is InChI=1S/C20H18F2N4O6S2/c1-32-15-9-13(26(28)29)10-16-18(15)23-20(33-16)24-19(27)11-4-6-25(7-5-11)34(30,31)17-8-12(21)2-3-14(17)22/h2-3,8-11H,4-7H2,1H3,(H,23,24,27). The topological polar surface area (TPSA) is 132 Å². The summed E-state index contributed by atoms with van der Waals surface area (Å²) in [5.41, 5.74) is 0.195. The van der Waals surface area contributed by atoms with E-state index >= 15 is 0 Å². The van der Waals surface area contributed by atoms with Gasteiger partial charge in [-0.15, -0.1) is 0 Å². The highest BCUT2D eigenvalue weighted by atomic mass is 32.2. The van der Waals surface area contributed by atoms with Crippen LogP contribution in [0.25, 0.3) is 10.2 Å². The molecule has 0 aliphatic carbocycles. The van der Waals surface area contributed by atoms with Gasteiger partial charge < -0.3 is 10.1 Å². The van der Waals surface area contributed by atoms with E-state index in [0.717, 1.165) is 27.8 Å². The molecule has 1 fully saturated rings. The number of nitrogens with one attached hydrogen (secondary N) is 1. The number of sulfonamides is 1. The maximum Gasteiger partial charge on any atom is 0.274 e. The largest absolute Gasteiger partial charge is 0.494 e. The molecule has 4 rings (SSSR count). The van der Waals surface area contributed by atoms with Gasteiger partial charge in [0.05, 0.1) is 22.8 Å². The molecule has 0 radical (unpaired) electrons. The van der Waals surface area contributed by atoms with E-state index < -0.39 is 37.4 Å². The maximum atomic E-state index is 14.0. The summed E-state index contributed by atoms with van der Waals surface area (Å²) in [6.07, 6.45) is 0.337. The van der Waals surface area contributed by atoms with Crippen molar-refractivity contribution in [1.82, 2.24) is 9.29 Å². The Balaban J connectivity index is 1.45. The molecule has 14 heteroatoms. The van der Waals surface area contributed by atoms with Gasteiger partial charge in [-0.25, -0.2) is 22.2 Å². The van der Waals surface area contributed by atoms with Gasteiger partial charge in [0.15, 0.2) is 10.9 Å². The normalized spacial score (nSPS) is 15.4. The highest BCUT2D eigenvalue weighted by Crippen LogP contribution is 2.36. The summed E-state index contributed by atoms with van der Waals surface area (Å²) in [5.74, 6) is -2.64. The molecular formula is C20H18F2N4O6S2. The van der Waals surface area contributed by atoms with Crippen LogP contribution in [0.3, 0.4) is 0 Å². The zero-order chi connectivity index (χ0) is 24.6. The Morgan fingerprint density at radius 2 is 1.97 bits per heavy atom. The van der Waals surface area contributed by atoms with Crippen LogP contribution in [0.1, 0.15) is 12.8 Å². The molecule has 1 N–H and O–H groups in total. The number of hydrogen-bond acceptors (Lipinski definition) is 8. The van der Waals surface area contributed by atoms with Crippen molar-refractivity contribution in [2.24, 2.45) is 5.92 Å². The van der Waals surface area contributed by atoms with E-state index in [-0.39, 0.29) is 48.4 Å². The third kappa shape index (κ3) is 4.56. The van der Waals surface area contributed by atoms with E-state index in [0.29, 0.717) is 16.3 Å². The lowest BCUT2D eigenvalue weighted by atomic mass is 9.97. The number of methoxy groups -OCH3 is 1. The average Bonchev–Trinajstić information content (AvgIpc) is 3.22. The fourth-order valence-corrected chi connectivity index (χ4v) is 6.14. The Morgan fingerprint density at radius 3 is 2.62 bits per heavy atom. The number of non-ortho nitro benzene ring substituents is 1. The highest BCUT2D eigenvalue weighted by molar-refractivity contribution is 7.89. The van der Waals surface area contributed by atoms with Gasteiger partial charge in [0.1, 0.15) is 22.0 Å². The number of nitrogens with zero attached hydrogens (tertiary/aromatic N) is 3. The first-order valence-corrected chi connectivity index (χ1v) is 12.2. The number of hydrogen-bond donors (Lipinski definition) is 1. The number of thiazole rings is 1. The number of carbonyl (C=O) groups excluding carboxylic acids is 1. The molecule has 1 aromatic heterocycles. The number of carbonyl (C=O) groups is 1. The van der Waals surface area contributed by atoms with Crippen molar-refractivity contribution < 1.29 is 31.7 Å². The number of benzene rings is 2. The van der Waals surface area contributed by atoms with Gasteiger partial charge in [-0.05, 0) is 31.0 Å². The molecule has 10 nitrogen and oxygen atoms in total. The van der Waals surface area contributed by atoms with Crippen molar-refractivity contribution in [2.75, 3.05) is 25.5 Å². The van der Waals surface area contributed by atoms with Gasteiger partial charge in [-0.2, -0.15) is 4.31 Å². The summed E-state index contributed by atoms with van der Waals surface area (Å²) in [4.78, 5) is 26.8. The first kappa shape index (κ1) is 23.9. The van der Waals surface area contributed by atoms with Crippen LogP contribution in [0.15, 0.2) is 35.2 Å². The average molecular weight is 513 g/mol. The summed E-state index contributed by atoms with van der Waals surface area (Å²) in [7, 11) is -2.90. The smallest absolute Gasteiger partial charge is 0.274 e. The minimum Gasteiger partial charge on any atom is -0.494 e. The van der Waals surface area contributed by atoms with Crippen molar-refractivity contribution in [3.05, 3.63) is 52.1 Å². The van der Waals surface area contributed by atoms with Crippen LogP contribution in [-0.2, 0) is 14.8 Å². The zero-order valence-electron chi connectivity index (χ0n) is 17.7. The first-order chi connectivity index (χ1) is 16.1. The summed E-state index contributed by atoms with van der Waals surface area (Å²) in [6, 6.07) is 4.80. The number of piperidine rings is 1. The van der Waals surface area contributed by atoms with Crippen LogP contribution in [0.4, 0.5) is 19.6 Å². The number of nitro benzene ring substituents is 1. The molecule has 34 heavy (non-hydrogen) atoms. The van der Waals surface area contributed by atoms with Crippen molar-refractivity contribution in [2.45, 2.75) is 17.7 Å². The van der Waals surface area contributed by atoms with Crippen molar-refractivity contribution >= 4 is 48.3 Å². The van der Waals surface area contributed by atoms with E-state index in [2.05, 4.69) is 10.3 Å². The summed E-state index contributed by atoms with van der Waals surface area (Å²) in [6.45, 7) is -0.0908. The molecular weight excluding hydrogens is 494 g/mol. The lowest BCUT2D eigenvalue weighted by molar-refractivity contribution is -0.384. The van der Waals surface area contributed by atoms with Gasteiger partial charge >= 0.3 is 0 Å². The number of aromatic nitrogens is 1. The Kier molecular flexibility index (Phi) is 6.47. The Labute approximate surface area is 196 Å². The predicted octanol–water partition coefficient (Wildman–Crippen LogP) is 3.53. The molecule has 0 unspecified atom stereocenters. The van der Waals surface area contributed by atoms with E-state index in [1.807, 2.05) is 0 Å². The number of halogens is 2. The van der Waals surface area contributed by atoms with Gasteiger partial charge in [-0.1, -0.05) is 11.3 Å². The lowest BCUT2D eigenvalue weighted by Crippen LogP contribution is -2.41. The number of rotatable bonds is 6. The maximum absolute atomic E-state index is 14.0. The molecule has 0 saturated carbocycles. The minimum atomic E-state index is -4.25. The number of anilines is 1. The molecule has 1 amide bonds. The Hall–Kier alpha value is -3.23. The van der Waals surface area contributed by atoms with E-state index in [1.165, 1.54) is 19.2 Å². The lowest BCUT2D eigenvalue weighted by Gasteiger charge is -2.30. The van der Waals surface area contributed by atoms with Crippen molar-refractivity contribution in [3.63, 3.8) is 0 Å². The molecule has 2 heterocycles. The highest BCUT2D eigenvalue weighted by Gasteiger charge is 2.34. The monoisotopic (exact) mass is 512 g/mol. The molecule has 180 valence electrons.